The first-order valence-electron chi connectivity index (χ1n) is 10.3. The zero-order valence-electron chi connectivity index (χ0n) is 17.2. The summed E-state index contributed by atoms with van der Waals surface area (Å²) in [7, 11) is 3.30. The molecule has 1 saturated heterocycles. The number of nitrogens with zero attached hydrogens (tertiary/aromatic N) is 2. The van der Waals surface area contributed by atoms with Gasteiger partial charge in [-0.15, -0.1) is 0 Å². The van der Waals surface area contributed by atoms with E-state index in [2.05, 4.69) is 23.1 Å². The van der Waals surface area contributed by atoms with Crippen LogP contribution in [0.2, 0.25) is 0 Å². The van der Waals surface area contributed by atoms with Crippen LogP contribution < -0.4 is 19.1 Å². The van der Waals surface area contributed by atoms with Crippen LogP contribution in [-0.2, 0) is 6.61 Å². The fourth-order valence-corrected chi connectivity index (χ4v) is 3.81. The van der Waals surface area contributed by atoms with E-state index in [1.54, 1.807) is 14.2 Å². The maximum absolute atomic E-state index is 6.18. The molecule has 2 aromatic carbocycles. The second-order valence-electron chi connectivity index (χ2n) is 7.41. The highest BCUT2D eigenvalue weighted by Gasteiger charge is 2.13. The lowest BCUT2D eigenvalue weighted by Crippen LogP contribution is -2.24. The van der Waals surface area contributed by atoms with Gasteiger partial charge in [-0.2, -0.15) is 0 Å². The summed E-state index contributed by atoms with van der Waals surface area (Å²) in [5.74, 6) is 3.34. The number of pyridine rings is 1. The van der Waals surface area contributed by atoms with E-state index in [0.717, 1.165) is 52.6 Å². The molecule has 4 rings (SSSR count). The van der Waals surface area contributed by atoms with Crippen molar-refractivity contribution >= 4 is 16.7 Å². The van der Waals surface area contributed by atoms with E-state index in [4.69, 9.17) is 19.2 Å². The maximum atomic E-state index is 6.18. The minimum atomic E-state index is 0.419. The third-order valence-electron chi connectivity index (χ3n) is 5.40. The molecule has 0 radical (unpaired) electrons. The van der Waals surface area contributed by atoms with Gasteiger partial charge in [-0.25, -0.2) is 4.98 Å². The molecule has 5 nitrogen and oxygen atoms in total. The summed E-state index contributed by atoms with van der Waals surface area (Å²) in [6, 6.07) is 16.1. The van der Waals surface area contributed by atoms with Gasteiger partial charge < -0.3 is 19.1 Å². The topological polar surface area (TPSA) is 43.8 Å². The molecule has 1 aromatic heterocycles. The number of para-hydroxylation sites is 1. The molecule has 2 heterocycles. The van der Waals surface area contributed by atoms with Crippen molar-refractivity contribution in [3.63, 3.8) is 0 Å². The number of aromatic nitrogens is 1. The number of rotatable bonds is 6. The third kappa shape index (κ3) is 4.56. The van der Waals surface area contributed by atoms with Crippen LogP contribution in [0.4, 0.5) is 5.82 Å². The highest BCUT2D eigenvalue weighted by Crippen LogP contribution is 2.29. The normalized spacial score (nSPS) is 14.5. The number of fused-ring (bicyclic) bond motifs is 1. The lowest BCUT2D eigenvalue weighted by molar-refractivity contribution is 0.307. The fraction of sp³-hybridized carbons (Fsp3) is 0.375. The smallest absolute Gasteiger partial charge is 0.146 e. The van der Waals surface area contributed by atoms with Crippen molar-refractivity contribution in [1.29, 1.82) is 0 Å². The van der Waals surface area contributed by atoms with E-state index >= 15 is 0 Å². The maximum Gasteiger partial charge on any atom is 0.146 e. The number of ether oxygens (including phenoxy) is 3. The minimum Gasteiger partial charge on any atom is -0.497 e. The molecule has 0 unspecified atom stereocenters. The van der Waals surface area contributed by atoms with Crippen LogP contribution in [0, 0.1) is 0 Å². The van der Waals surface area contributed by atoms with Gasteiger partial charge in [0.15, 0.2) is 0 Å². The molecule has 0 amide bonds. The average molecular weight is 392 g/mol. The number of hydrogen-bond acceptors (Lipinski definition) is 5. The van der Waals surface area contributed by atoms with E-state index in [1.165, 1.54) is 25.7 Å². The molecule has 0 aliphatic carbocycles. The third-order valence-corrected chi connectivity index (χ3v) is 5.40. The van der Waals surface area contributed by atoms with Crippen molar-refractivity contribution in [1.82, 2.24) is 4.98 Å². The fourth-order valence-electron chi connectivity index (χ4n) is 3.81. The molecule has 3 aromatic rings. The van der Waals surface area contributed by atoms with Crippen molar-refractivity contribution in [3.8, 4) is 17.2 Å². The lowest BCUT2D eigenvalue weighted by atomic mass is 10.2. The molecule has 1 aliphatic rings. The van der Waals surface area contributed by atoms with Crippen LogP contribution in [0.5, 0.6) is 17.2 Å². The van der Waals surface area contributed by atoms with Gasteiger partial charge in [0.05, 0.1) is 14.2 Å². The second kappa shape index (κ2) is 9.03. The SMILES string of the molecule is COc1cc(COc2cccc3ccc(N4CCCCCC4)nc23)cc(OC)c1. The molecule has 5 heteroatoms. The molecule has 0 bridgehead atoms. The highest BCUT2D eigenvalue weighted by atomic mass is 16.5. The Kier molecular flexibility index (Phi) is 6.03. The first-order chi connectivity index (χ1) is 14.3. The highest BCUT2D eigenvalue weighted by molar-refractivity contribution is 5.86. The Morgan fingerprint density at radius 1 is 0.862 bits per heavy atom. The minimum absolute atomic E-state index is 0.419. The van der Waals surface area contributed by atoms with Gasteiger partial charge in [0.2, 0.25) is 0 Å². The van der Waals surface area contributed by atoms with Crippen LogP contribution in [-0.4, -0.2) is 32.3 Å². The Morgan fingerprint density at radius 3 is 2.28 bits per heavy atom. The van der Waals surface area contributed by atoms with E-state index in [1.807, 2.05) is 30.3 Å². The van der Waals surface area contributed by atoms with E-state index < -0.39 is 0 Å². The molecular weight excluding hydrogens is 364 g/mol. The Hall–Kier alpha value is -2.95. The van der Waals surface area contributed by atoms with Gasteiger partial charge in [-0.1, -0.05) is 25.0 Å². The van der Waals surface area contributed by atoms with Crippen LogP contribution in [0.25, 0.3) is 10.9 Å². The van der Waals surface area contributed by atoms with Gasteiger partial charge in [0.1, 0.15) is 35.2 Å². The summed E-state index contributed by atoms with van der Waals surface area (Å²) in [5.41, 5.74) is 1.89. The van der Waals surface area contributed by atoms with E-state index in [0.29, 0.717) is 6.61 Å². The number of benzene rings is 2. The number of hydrogen-bond donors (Lipinski definition) is 0. The largest absolute Gasteiger partial charge is 0.497 e. The van der Waals surface area contributed by atoms with Crippen molar-refractivity contribution in [3.05, 3.63) is 54.1 Å². The summed E-state index contributed by atoms with van der Waals surface area (Å²) < 4.78 is 16.9. The average Bonchev–Trinajstić information content (AvgIpc) is 3.06. The standard InChI is InChI=1S/C24H28N2O3/c1-27-20-14-18(15-21(16-20)28-2)17-29-22-9-7-8-19-10-11-23(25-24(19)22)26-12-5-3-4-6-13-26/h7-11,14-16H,3-6,12-13,17H2,1-2H3. The molecule has 1 fully saturated rings. The summed E-state index contributed by atoms with van der Waals surface area (Å²) >= 11 is 0. The Bertz CT molecular complexity index is 943. The molecule has 0 saturated carbocycles. The molecule has 0 atom stereocenters. The number of anilines is 1. The van der Waals surface area contributed by atoms with Crippen LogP contribution in [0.15, 0.2) is 48.5 Å². The predicted octanol–water partition coefficient (Wildman–Crippen LogP) is 5.21. The molecule has 0 spiro atoms. The first-order valence-corrected chi connectivity index (χ1v) is 10.3. The van der Waals surface area contributed by atoms with Crippen molar-refractivity contribution in [2.24, 2.45) is 0 Å². The summed E-state index contributed by atoms with van der Waals surface area (Å²) in [6.45, 7) is 2.57. The lowest BCUT2D eigenvalue weighted by Gasteiger charge is -2.22. The predicted molar refractivity (Wildman–Crippen MR) is 116 cm³/mol. The first kappa shape index (κ1) is 19.4. The molecular formula is C24H28N2O3. The van der Waals surface area contributed by atoms with Crippen molar-refractivity contribution < 1.29 is 14.2 Å². The zero-order chi connectivity index (χ0) is 20.1. The molecule has 29 heavy (non-hydrogen) atoms. The van der Waals surface area contributed by atoms with E-state index in [-0.39, 0.29) is 0 Å². The van der Waals surface area contributed by atoms with Crippen molar-refractivity contribution in [2.45, 2.75) is 32.3 Å². The molecule has 152 valence electrons. The Morgan fingerprint density at radius 2 is 1.59 bits per heavy atom. The summed E-state index contributed by atoms with van der Waals surface area (Å²) in [6.07, 6.45) is 5.08. The van der Waals surface area contributed by atoms with Gasteiger partial charge in [-0.3, -0.25) is 0 Å². The molecule has 1 aliphatic heterocycles. The second-order valence-corrected chi connectivity index (χ2v) is 7.41. The zero-order valence-corrected chi connectivity index (χ0v) is 17.2. The quantitative estimate of drug-likeness (QED) is 0.576. The van der Waals surface area contributed by atoms with Crippen LogP contribution in [0.1, 0.15) is 31.2 Å². The van der Waals surface area contributed by atoms with Gasteiger partial charge >= 0.3 is 0 Å². The Balaban J connectivity index is 1.59. The van der Waals surface area contributed by atoms with Gasteiger partial charge in [0.25, 0.3) is 0 Å². The summed E-state index contributed by atoms with van der Waals surface area (Å²) in [5, 5.41) is 1.09. The van der Waals surface area contributed by atoms with Crippen LogP contribution in [0.3, 0.4) is 0 Å². The van der Waals surface area contributed by atoms with Crippen LogP contribution >= 0.6 is 0 Å². The van der Waals surface area contributed by atoms with E-state index in [9.17, 15) is 0 Å². The monoisotopic (exact) mass is 392 g/mol. The Labute approximate surface area is 172 Å². The van der Waals surface area contributed by atoms with Crippen molar-refractivity contribution in [2.75, 3.05) is 32.2 Å². The summed E-state index contributed by atoms with van der Waals surface area (Å²) in [4.78, 5) is 7.37. The number of methoxy groups -OCH3 is 2. The van der Waals surface area contributed by atoms with Gasteiger partial charge in [0, 0.05) is 24.5 Å². The van der Waals surface area contributed by atoms with Gasteiger partial charge in [-0.05, 0) is 48.7 Å². The molecule has 0 N–H and O–H groups in total.